The molecule has 0 aliphatic carbocycles. The van der Waals surface area contributed by atoms with E-state index in [1.54, 1.807) is 13.0 Å². The Labute approximate surface area is 115 Å². The zero-order valence-corrected chi connectivity index (χ0v) is 11.3. The average Bonchev–Trinajstić information content (AvgIpc) is 2.36. The van der Waals surface area contributed by atoms with E-state index in [1.807, 2.05) is 0 Å². The molecule has 1 atom stereocenters. The summed E-state index contributed by atoms with van der Waals surface area (Å²) in [5.74, 6) is -2.52. The van der Waals surface area contributed by atoms with Gasteiger partial charge in [-0.1, -0.05) is 18.2 Å². The van der Waals surface area contributed by atoms with Crippen LogP contribution >= 0.6 is 0 Å². The van der Waals surface area contributed by atoms with Gasteiger partial charge in [0.1, 0.15) is 5.82 Å². The molecule has 2 aromatic rings. The van der Waals surface area contributed by atoms with Gasteiger partial charge in [0.05, 0.1) is 5.60 Å². The first-order valence-electron chi connectivity index (χ1n) is 6.23. The Morgan fingerprint density at radius 1 is 1.10 bits per heavy atom. The highest BCUT2D eigenvalue weighted by Gasteiger charge is 2.29. The molecular formula is C16H15F3O. The lowest BCUT2D eigenvalue weighted by Crippen LogP contribution is -2.26. The van der Waals surface area contributed by atoms with Crippen LogP contribution in [0.25, 0.3) is 0 Å². The number of hydrogen-bond acceptors (Lipinski definition) is 1. The SMILES string of the molecule is Cc1ccc(F)cc1CC(C)(O)c1cccc(F)c1F. The summed E-state index contributed by atoms with van der Waals surface area (Å²) < 4.78 is 40.3. The van der Waals surface area contributed by atoms with Crippen LogP contribution in [0.1, 0.15) is 23.6 Å². The molecule has 1 nitrogen and oxygen atoms in total. The summed E-state index contributed by atoms with van der Waals surface area (Å²) in [5, 5.41) is 10.4. The van der Waals surface area contributed by atoms with Crippen molar-refractivity contribution in [2.75, 3.05) is 0 Å². The Balaban J connectivity index is 2.40. The molecular weight excluding hydrogens is 265 g/mol. The topological polar surface area (TPSA) is 20.2 Å². The van der Waals surface area contributed by atoms with Crippen LogP contribution in [-0.4, -0.2) is 5.11 Å². The third kappa shape index (κ3) is 2.85. The summed E-state index contributed by atoms with van der Waals surface area (Å²) in [6, 6.07) is 7.84. The van der Waals surface area contributed by atoms with Crippen molar-refractivity contribution in [1.82, 2.24) is 0 Å². The van der Waals surface area contributed by atoms with Gasteiger partial charge in [-0.15, -0.1) is 0 Å². The molecule has 1 N–H and O–H groups in total. The minimum Gasteiger partial charge on any atom is -0.385 e. The quantitative estimate of drug-likeness (QED) is 0.905. The fourth-order valence-corrected chi connectivity index (χ4v) is 2.22. The van der Waals surface area contributed by atoms with Crippen molar-refractivity contribution in [1.29, 1.82) is 0 Å². The minimum absolute atomic E-state index is 0.00301. The molecule has 0 aromatic heterocycles. The first-order valence-corrected chi connectivity index (χ1v) is 6.23. The number of halogens is 3. The lowest BCUT2D eigenvalue weighted by Gasteiger charge is -2.25. The highest BCUT2D eigenvalue weighted by Crippen LogP contribution is 2.29. The number of rotatable bonds is 3. The van der Waals surface area contributed by atoms with Gasteiger partial charge in [0, 0.05) is 12.0 Å². The molecule has 0 fully saturated rings. The van der Waals surface area contributed by atoms with Crippen molar-refractivity contribution in [3.8, 4) is 0 Å². The molecule has 2 rings (SSSR count). The van der Waals surface area contributed by atoms with Gasteiger partial charge in [0.25, 0.3) is 0 Å². The van der Waals surface area contributed by atoms with E-state index in [0.29, 0.717) is 5.56 Å². The van der Waals surface area contributed by atoms with Gasteiger partial charge >= 0.3 is 0 Å². The van der Waals surface area contributed by atoms with E-state index in [0.717, 1.165) is 11.6 Å². The van der Waals surface area contributed by atoms with E-state index < -0.39 is 23.1 Å². The van der Waals surface area contributed by atoms with Crippen molar-refractivity contribution in [3.05, 3.63) is 70.5 Å². The lowest BCUT2D eigenvalue weighted by atomic mass is 9.87. The summed E-state index contributed by atoms with van der Waals surface area (Å²) in [6.45, 7) is 3.15. The number of benzene rings is 2. The van der Waals surface area contributed by atoms with Gasteiger partial charge < -0.3 is 5.11 Å². The van der Waals surface area contributed by atoms with Gasteiger partial charge in [-0.25, -0.2) is 13.2 Å². The second kappa shape index (κ2) is 5.29. The summed E-state index contributed by atoms with van der Waals surface area (Å²) in [7, 11) is 0. The van der Waals surface area contributed by atoms with Crippen LogP contribution in [0.4, 0.5) is 13.2 Å². The first kappa shape index (κ1) is 14.6. The van der Waals surface area contributed by atoms with E-state index in [-0.39, 0.29) is 12.0 Å². The van der Waals surface area contributed by atoms with Crippen LogP contribution in [0.15, 0.2) is 36.4 Å². The Morgan fingerprint density at radius 3 is 2.50 bits per heavy atom. The summed E-state index contributed by atoms with van der Waals surface area (Å²) in [4.78, 5) is 0. The van der Waals surface area contributed by atoms with E-state index in [1.165, 1.54) is 31.2 Å². The van der Waals surface area contributed by atoms with Crippen LogP contribution in [0.3, 0.4) is 0 Å². The Bertz CT molecular complexity index is 636. The molecule has 0 heterocycles. The summed E-state index contributed by atoms with van der Waals surface area (Å²) in [6.07, 6.45) is -0.00301. The number of hydrogen-bond donors (Lipinski definition) is 1. The highest BCUT2D eigenvalue weighted by molar-refractivity contribution is 5.32. The van der Waals surface area contributed by atoms with Crippen LogP contribution < -0.4 is 0 Å². The molecule has 20 heavy (non-hydrogen) atoms. The maximum Gasteiger partial charge on any atom is 0.164 e. The Kier molecular flexibility index (Phi) is 3.86. The minimum atomic E-state index is -1.62. The number of aryl methyl sites for hydroxylation is 1. The molecule has 0 saturated carbocycles. The van der Waals surface area contributed by atoms with Crippen LogP contribution in [-0.2, 0) is 12.0 Å². The van der Waals surface area contributed by atoms with Gasteiger partial charge in [-0.05, 0) is 43.2 Å². The molecule has 0 amide bonds. The van der Waals surface area contributed by atoms with Gasteiger partial charge in [0.2, 0.25) is 0 Å². The van der Waals surface area contributed by atoms with Crippen molar-refractivity contribution < 1.29 is 18.3 Å². The third-order valence-corrected chi connectivity index (χ3v) is 3.38. The van der Waals surface area contributed by atoms with Crippen molar-refractivity contribution >= 4 is 0 Å². The molecule has 1 unspecified atom stereocenters. The second-order valence-corrected chi connectivity index (χ2v) is 5.12. The van der Waals surface area contributed by atoms with E-state index in [2.05, 4.69) is 0 Å². The molecule has 0 aliphatic rings. The zero-order chi connectivity index (χ0) is 14.9. The first-order chi connectivity index (χ1) is 9.31. The molecule has 106 valence electrons. The fraction of sp³-hybridized carbons (Fsp3) is 0.250. The predicted molar refractivity (Wildman–Crippen MR) is 70.8 cm³/mol. The van der Waals surface area contributed by atoms with Crippen LogP contribution in [0.5, 0.6) is 0 Å². The Morgan fingerprint density at radius 2 is 1.80 bits per heavy atom. The predicted octanol–water partition coefficient (Wildman–Crippen LogP) is 3.86. The van der Waals surface area contributed by atoms with Crippen molar-refractivity contribution in [2.45, 2.75) is 25.9 Å². The van der Waals surface area contributed by atoms with Crippen molar-refractivity contribution in [2.24, 2.45) is 0 Å². The van der Waals surface area contributed by atoms with Crippen molar-refractivity contribution in [3.63, 3.8) is 0 Å². The van der Waals surface area contributed by atoms with Gasteiger partial charge in [-0.2, -0.15) is 0 Å². The number of aliphatic hydroxyl groups is 1. The normalized spacial score (nSPS) is 14.1. The average molecular weight is 280 g/mol. The molecule has 0 aliphatic heterocycles. The largest absolute Gasteiger partial charge is 0.385 e. The van der Waals surface area contributed by atoms with Crippen LogP contribution in [0.2, 0.25) is 0 Å². The van der Waals surface area contributed by atoms with Crippen LogP contribution in [0, 0.1) is 24.4 Å². The second-order valence-electron chi connectivity index (χ2n) is 5.12. The van der Waals surface area contributed by atoms with Gasteiger partial charge in [0.15, 0.2) is 11.6 Å². The molecule has 0 saturated heterocycles. The molecule has 0 bridgehead atoms. The molecule has 2 aromatic carbocycles. The molecule has 4 heteroatoms. The summed E-state index contributed by atoms with van der Waals surface area (Å²) in [5.41, 5.74) is -0.423. The van der Waals surface area contributed by atoms with E-state index >= 15 is 0 Å². The lowest BCUT2D eigenvalue weighted by molar-refractivity contribution is 0.0528. The maximum atomic E-state index is 13.8. The third-order valence-electron chi connectivity index (χ3n) is 3.38. The Hall–Kier alpha value is -1.81. The zero-order valence-electron chi connectivity index (χ0n) is 11.3. The summed E-state index contributed by atoms with van der Waals surface area (Å²) >= 11 is 0. The fourth-order valence-electron chi connectivity index (χ4n) is 2.22. The highest BCUT2D eigenvalue weighted by atomic mass is 19.2. The van der Waals surface area contributed by atoms with E-state index in [9.17, 15) is 18.3 Å². The standard InChI is InChI=1S/C16H15F3O/c1-10-6-7-12(17)8-11(10)9-16(2,20)13-4-3-5-14(18)15(13)19/h3-8,20H,9H2,1-2H3. The van der Waals surface area contributed by atoms with Gasteiger partial charge in [-0.3, -0.25) is 0 Å². The smallest absolute Gasteiger partial charge is 0.164 e. The van der Waals surface area contributed by atoms with E-state index in [4.69, 9.17) is 0 Å². The maximum absolute atomic E-state index is 13.8. The monoisotopic (exact) mass is 280 g/mol. The molecule has 0 spiro atoms. The molecule has 0 radical (unpaired) electrons.